The first kappa shape index (κ1) is 31.3. The molecule has 0 aliphatic heterocycles. The average molecular weight is 687 g/mol. The summed E-state index contributed by atoms with van der Waals surface area (Å²) in [6, 6.07) is 24.9. The lowest BCUT2D eigenvalue weighted by Crippen LogP contribution is -2.13. The predicted octanol–water partition coefficient (Wildman–Crippen LogP) is 9.51. The Kier molecular flexibility index (Phi) is 11.2. The van der Waals surface area contributed by atoms with Crippen molar-refractivity contribution in [3.05, 3.63) is 121 Å². The molecule has 0 saturated heterocycles. The quantitative estimate of drug-likeness (QED) is 0.126. The Morgan fingerprint density at radius 3 is 2.31 bits per heavy atom. The normalized spacial score (nSPS) is 11.0. The lowest BCUT2D eigenvalue weighted by Gasteiger charge is -2.15. The van der Waals surface area contributed by atoms with E-state index in [4.69, 9.17) is 49.0 Å². The van der Waals surface area contributed by atoms with Crippen molar-refractivity contribution in [2.75, 3.05) is 11.9 Å². The van der Waals surface area contributed by atoms with Gasteiger partial charge in [0.05, 0.1) is 11.6 Å². The Morgan fingerprint density at radius 1 is 0.905 bits per heavy atom. The first-order valence-corrected chi connectivity index (χ1v) is 14.6. The summed E-state index contributed by atoms with van der Waals surface area (Å²) in [6.07, 6.45) is 1.44. The second-order valence-corrected chi connectivity index (χ2v) is 11.0. The van der Waals surface area contributed by atoms with Crippen LogP contribution in [-0.4, -0.2) is 12.5 Å². The van der Waals surface area contributed by atoms with E-state index in [1.165, 1.54) is 6.08 Å². The van der Waals surface area contributed by atoms with Crippen LogP contribution in [0.3, 0.4) is 0 Å². The summed E-state index contributed by atoms with van der Waals surface area (Å²) in [4.78, 5) is 12.9. The molecule has 214 valence electrons. The second-order valence-electron chi connectivity index (χ2n) is 8.85. The smallest absolute Gasteiger partial charge is 0.266 e. The molecule has 0 fully saturated rings. The van der Waals surface area contributed by atoms with Crippen molar-refractivity contribution in [1.29, 1.82) is 5.26 Å². The van der Waals surface area contributed by atoms with E-state index in [9.17, 15) is 10.1 Å². The van der Waals surface area contributed by atoms with E-state index in [1.54, 1.807) is 54.6 Å². The number of hydrogen-bond donors (Lipinski definition) is 1. The van der Waals surface area contributed by atoms with Crippen LogP contribution in [0.25, 0.3) is 6.08 Å². The summed E-state index contributed by atoms with van der Waals surface area (Å²) in [5.74, 6) is 0.781. The third-order valence-corrected chi connectivity index (χ3v) is 7.22. The topological polar surface area (TPSA) is 80.6 Å². The number of nitrogens with zero attached hydrogens (tertiary/aromatic N) is 1. The van der Waals surface area contributed by atoms with Crippen LogP contribution in [0.2, 0.25) is 15.1 Å². The zero-order valence-electron chi connectivity index (χ0n) is 22.3. The number of nitrogens with one attached hydrogen (secondary N) is 1. The summed E-state index contributed by atoms with van der Waals surface area (Å²) in [7, 11) is 0. The molecule has 0 bridgehead atoms. The van der Waals surface area contributed by atoms with Crippen LogP contribution in [-0.2, 0) is 18.0 Å². The van der Waals surface area contributed by atoms with Crippen molar-refractivity contribution in [1.82, 2.24) is 0 Å². The third kappa shape index (κ3) is 8.67. The molecule has 1 amide bonds. The zero-order chi connectivity index (χ0) is 30.1. The number of benzene rings is 4. The van der Waals surface area contributed by atoms with Crippen LogP contribution in [0, 0.1) is 11.3 Å². The molecule has 42 heavy (non-hydrogen) atoms. The number of halogens is 4. The minimum atomic E-state index is -0.580. The molecule has 4 aromatic rings. The molecule has 6 nitrogen and oxygen atoms in total. The maximum Gasteiger partial charge on any atom is 0.266 e. The molecular formula is C32H24BrCl3N2O4. The molecule has 4 aromatic carbocycles. The van der Waals surface area contributed by atoms with E-state index in [1.807, 2.05) is 37.3 Å². The van der Waals surface area contributed by atoms with Crippen LogP contribution >= 0.6 is 50.7 Å². The molecule has 0 aliphatic rings. The molecule has 0 saturated carbocycles. The van der Waals surface area contributed by atoms with Crippen molar-refractivity contribution >= 4 is 68.4 Å². The lowest BCUT2D eigenvalue weighted by atomic mass is 10.1. The molecular weight excluding hydrogens is 663 g/mol. The molecule has 1 N–H and O–H groups in total. The van der Waals surface area contributed by atoms with Gasteiger partial charge in [0.25, 0.3) is 5.91 Å². The van der Waals surface area contributed by atoms with Gasteiger partial charge in [0.2, 0.25) is 0 Å². The molecule has 0 aliphatic carbocycles. The standard InChI is InChI=1S/C32H24BrCl3N2O4/c1-2-40-30-15-21(14-29(36)31(30)42-18-20-3-6-24(33)7-4-20)13-23(17-37)32(39)38-26-9-11-27(12-10-26)41-19-22-5-8-25(34)16-28(22)35/h3-16H,2,18-19H2,1H3,(H,38,39)/b23-13+. The highest BCUT2D eigenvalue weighted by Crippen LogP contribution is 2.38. The van der Waals surface area contributed by atoms with Gasteiger partial charge in [-0.1, -0.05) is 68.9 Å². The Bertz CT molecular complexity index is 1640. The van der Waals surface area contributed by atoms with E-state index < -0.39 is 5.91 Å². The average Bonchev–Trinajstić information content (AvgIpc) is 2.97. The van der Waals surface area contributed by atoms with Gasteiger partial charge in [-0.05, 0) is 84.8 Å². The fourth-order valence-electron chi connectivity index (χ4n) is 3.76. The predicted molar refractivity (Wildman–Crippen MR) is 171 cm³/mol. The Hall–Kier alpha value is -3.67. The minimum absolute atomic E-state index is 0.116. The Labute approximate surface area is 267 Å². The van der Waals surface area contributed by atoms with Crippen molar-refractivity contribution in [3.8, 4) is 23.3 Å². The maximum atomic E-state index is 12.9. The van der Waals surface area contributed by atoms with Crippen molar-refractivity contribution < 1.29 is 19.0 Å². The molecule has 4 rings (SSSR count). The second kappa shape index (κ2) is 15.0. The van der Waals surface area contributed by atoms with Gasteiger partial charge in [-0.15, -0.1) is 0 Å². The van der Waals surface area contributed by atoms with Crippen molar-refractivity contribution in [3.63, 3.8) is 0 Å². The molecule has 0 unspecified atom stereocenters. The Balaban J connectivity index is 1.43. The first-order chi connectivity index (χ1) is 20.2. The molecule has 0 heterocycles. The summed E-state index contributed by atoms with van der Waals surface area (Å²) < 4.78 is 18.5. The lowest BCUT2D eigenvalue weighted by molar-refractivity contribution is -0.112. The third-order valence-electron chi connectivity index (χ3n) is 5.83. The number of anilines is 1. The number of amides is 1. The highest BCUT2D eigenvalue weighted by molar-refractivity contribution is 9.10. The van der Waals surface area contributed by atoms with Gasteiger partial charge >= 0.3 is 0 Å². The summed E-state index contributed by atoms with van der Waals surface area (Å²) >= 11 is 22.1. The fraction of sp³-hybridized carbons (Fsp3) is 0.125. The summed E-state index contributed by atoms with van der Waals surface area (Å²) in [5, 5.41) is 13.8. The number of ether oxygens (including phenoxy) is 3. The highest BCUT2D eigenvalue weighted by atomic mass is 79.9. The van der Waals surface area contributed by atoms with Crippen LogP contribution in [0.1, 0.15) is 23.6 Å². The van der Waals surface area contributed by atoms with E-state index in [0.717, 1.165) is 15.6 Å². The number of nitriles is 1. The maximum absolute atomic E-state index is 12.9. The van der Waals surface area contributed by atoms with E-state index >= 15 is 0 Å². The van der Waals surface area contributed by atoms with Gasteiger partial charge in [0.1, 0.15) is 30.6 Å². The molecule has 0 radical (unpaired) electrons. The highest BCUT2D eigenvalue weighted by Gasteiger charge is 2.15. The molecule has 0 atom stereocenters. The van der Waals surface area contributed by atoms with Gasteiger partial charge in [0.15, 0.2) is 11.5 Å². The van der Waals surface area contributed by atoms with Gasteiger partial charge in [0, 0.05) is 25.8 Å². The molecule has 10 heteroatoms. The first-order valence-electron chi connectivity index (χ1n) is 12.7. The van der Waals surface area contributed by atoms with Crippen LogP contribution < -0.4 is 19.5 Å². The molecule has 0 spiro atoms. The number of rotatable bonds is 11. The molecule has 0 aromatic heterocycles. The van der Waals surface area contributed by atoms with Crippen LogP contribution in [0.4, 0.5) is 5.69 Å². The zero-order valence-corrected chi connectivity index (χ0v) is 26.2. The largest absolute Gasteiger partial charge is 0.490 e. The van der Waals surface area contributed by atoms with Crippen LogP contribution in [0.15, 0.2) is 88.9 Å². The fourth-order valence-corrected chi connectivity index (χ4v) is 4.76. The van der Waals surface area contributed by atoms with Gasteiger partial charge in [-0.25, -0.2) is 0 Å². The van der Waals surface area contributed by atoms with Gasteiger partial charge < -0.3 is 19.5 Å². The van der Waals surface area contributed by atoms with Crippen molar-refractivity contribution in [2.45, 2.75) is 20.1 Å². The van der Waals surface area contributed by atoms with Crippen LogP contribution in [0.5, 0.6) is 17.2 Å². The summed E-state index contributed by atoms with van der Waals surface area (Å²) in [5.41, 5.74) is 2.63. The van der Waals surface area contributed by atoms with E-state index in [0.29, 0.717) is 45.2 Å². The Morgan fingerprint density at radius 2 is 1.64 bits per heavy atom. The minimum Gasteiger partial charge on any atom is -0.490 e. The SMILES string of the molecule is CCOc1cc(/C=C(\C#N)C(=O)Nc2ccc(OCc3ccc(Cl)cc3Cl)cc2)cc(Cl)c1OCc1ccc(Br)cc1. The summed E-state index contributed by atoms with van der Waals surface area (Å²) in [6.45, 7) is 2.75. The van der Waals surface area contributed by atoms with E-state index in [2.05, 4.69) is 21.2 Å². The van der Waals surface area contributed by atoms with Crippen molar-refractivity contribution in [2.24, 2.45) is 0 Å². The van der Waals surface area contributed by atoms with Gasteiger partial charge in [-0.2, -0.15) is 5.26 Å². The van der Waals surface area contributed by atoms with E-state index in [-0.39, 0.29) is 23.8 Å². The number of carbonyl (C=O) groups is 1. The number of carbonyl (C=O) groups excluding carboxylic acids is 1. The monoisotopic (exact) mass is 684 g/mol. The van der Waals surface area contributed by atoms with Gasteiger partial charge in [-0.3, -0.25) is 4.79 Å². The number of hydrogen-bond acceptors (Lipinski definition) is 5.